The molecule has 4 nitrogen and oxygen atoms in total. The van der Waals surface area contributed by atoms with Crippen LogP contribution in [-0.2, 0) is 4.74 Å². The summed E-state index contributed by atoms with van der Waals surface area (Å²) in [7, 11) is 0. The van der Waals surface area contributed by atoms with E-state index in [1.165, 1.54) is 38.8 Å². The Bertz CT molecular complexity index is 306. The van der Waals surface area contributed by atoms with Crippen molar-refractivity contribution >= 4 is 6.09 Å². The Labute approximate surface area is 117 Å². The van der Waals surface area contributed by atoms with Gasteiger partial charge in [0, 0.05) is 19.1 Å². The highest BCUT2D eigenvalue weighted by Gasteiger charge is 2.30. The average molecular weight is 268 g/mol. The minimum Gasteiger partial charge on any atom is -0.444 e. The first-order chi connectivity index (χ1) is 8.96. The molecule has 1 atom stereocenters. The number of nitrogens with zero attached hydrogens (tertiary/aromatic N) is 2. The smallest absolute Gasteiger partial charge is 0.410 e. The molecule has 0 spiro atoms. The molecule has 0 bridgehead atoms. The summed E-state index contributed by atoms with van der Waals surface area (Å²) in [6, 6.07) is 0.543. The first kappa shape index (κ1) is 14.6. The van der Waals surface area contributed by atoms with E-state index in [-0.39, 0.29) is 6.09 Å². The summed E-state index contributed by atoms with van der Waals surface area (Å²) in [6.45, 7) is 9.87. The zero-order chi connectivity index (χ0) is 13.9. The van der Waals surface area contributed by atoms with Crippen LogP contribution in [0.5, 0.6) is 0 Å². The van der Waals surface area contributed by atoms with E-state index < -0.39 is 5.60 Å². The highest BCUT2D eigenvalue weighted by Crippen LogP contribution is 2.21. The Morgan fingerprint density at radius 2 is 1.74 bits per heavy atom. The molecule has 0 N–H and O–H groups in total. The second-order valence-electron chi connectivity index (χ2n) is 6.82. The fraction of sp³-hybridized carbons (Fsp3) is 0.933. The monoisotopic (exact) mass is 268 g/mol. The molecule has 0 aromatic carbocycles. The number of likely N-dealkylation sites (tertiary alicyclic amines) is 2. The van der Waals surface area contributed by atoms with Crippen LogP contribution in [0.1, 0.15) is 52.9 Å². The fourth-order valence-corrected chi connectivity index (χ4v) is 3.03. The molecule has 0 saturated carbocycles. The van der Waals surface area contributed by atoms with Crippen molar-refractivity contribution in [3.8, 4) is 0 Å². The van der Waals surface area contributed by atoms with Gasteiger partial charge in [-0.1, -0.05) is 6.42 Å². The average Bonchev–Trinajstić information content (AvgIpc) is 2.38. The van der Waals surface area contributed by atoms with Gasteiger partial charge in [0.2, 0.25) is 0 Å². The van der Waals surface area contributed by atoms with Crippen molar-refractivity contribution in [3.05, 3.63) is 0 Å². The molecule has 2 heterocycles. The predicted octanol–water partition coefficient (Wildman–Crippen LogP) is 2.87. The van der Waals surface area contributed by atoms with E-state index in [1.807, 2.05) is 25.7 Å². The molecule has 4 heteroatoms. The fourth-order valence-electron chi connectivity index (χ4n) is 3.03. The first-order valence-electron chi connectivity index (χ1n) is 7.68. The first-order valence-corrected chi connectivity index (χ1v) is 7.68. The van der Waals surface area contributed by atoms with Crippen LogP contribution in [0.25, 0.3) is 0 Å². The van der Waals surface area contributed by atoms with E-state index in [2.05, 4.69) is 4.90 Å². The van der Waals surface area contributed by atoms with Crippen molar-refractivity contribution in [2.45, 2.75) is 64.5 Å². The van der Waals surface area contributed by atoms with Gasteiger partial charge in [0.05, 0.1) is 0 Å². The van der Waals surface area contributed by atoms with E-state index >= 15 is 0 Å². The van der Waals surface area contributed by atoms with Gasteiger partial charge in [0.15, 0.2) is 0 Å². The number of carbonyl (C=O) groups is 1. The number of hydrogen-bond donors (Lipinski definition) is 0. The van der Waals surface area contributed by atoms with Gasteiger partial charge in [-0.15, -0.1) is 0 Å². The standard InChI is InChI=1S/C15H28N2O2/c1-15(2,3)19-14(18)17-11-7-8-13(12-17)16-9-5-4-6-10-16/h13H,4-12H2,1-3H3. The third kappa shape index (κ3) is 4.37. The van der Waals surface area contributed by atoms with E-state index in [4.69, 9.17) is 4.74 Å². The summed E-state index contributed by atoms with van der Waals surface area (Å²) < 4.78 is 5.48. The number of piperidine rings is 2. The molecule has 2 aliphatic rings. The maximum Gasteiger partial charge on any atom is 0.410 e. The third-order valence-electron chi connectivity index (χ3n) is 3.96. The number of carbonyl (C=O) groups excluding carboxylic acids is 1. The Morgan fingerprint density at radius 3 is 2.37 bits per heavy atom. The van der Waals surface area contributed by atoms with E-state index in [9.17, 15) is 4.79 Å². The second kappa shape index (κ2) is 6.12. The van der Waals surface area contributed by atoms with Crippen molar-refractivity contribution < 1.29 is 9.53 Å². The summed E-state index contributed by atoms with van der Waals surface area (Å²) >= 11 is 0. The maximum absolute atomic E-state index is 12.1. The lowest BCUT2D eigenvalue weighted by Gasteiger charge is -2.41. The summed E-state index contributed by atoms with van der Waals surface area (Å²) in [5.74, 6) is 0. The third-order valence-corrected chi connectivity index (χ3v) is 3.96. The van der Waals surface area contributed by atoms with Gasteiger partial charge in [0.25, 0.3) is 0 Å². The maximum atomic E-state index is 12.1. The van der Waals surface area contributed by atoms with Crippen molar-refractivity contribution in [2.24, 2.45) is 0 Å². The van der Waals surface area contributed by atoms with Gasteiger partial charge in [-0.2, -0.15) is 0 Å². The highest BCUT2D eigenvalue weighted by atomic mass is 16.6. The SMILES string of the molecule is CC(C)(C)OC(=O)N1CCCC(N2CCCCC2)C1. The van der Waals surface area contributed by atoms with Gasteiger partial charge >= 0.3 is 6.09 Å². The zero-order valence-electron chi connectivity index (χ0n) is 12.7. The van der Waals surface area contributed by atoms with E-state index in [0.29, 0.717) is 6.04 Å². The Balaban J connectivity index is 1.87. The summed E-state index contributed by atoms with van der Waals surface area (Å²) in [5.41, 5.74) is -0.394. The summed E-state index contributed by atoms with van der Waals surface area (Å²) in [4.78, 5) is 16.6. The number of rotatable bonds is 1. The molecule has 2 fully saturated rings. The van der Waals surface area contributed by atoms with Crippen LogP contribution >= 0.6 is 0 Å². The molecule has 1 unspecified atom stereocenters. The molecule has 0 aromatic rings. The predicted molar refractivity (Wildman–Crippen MR) is 76.3 cm³/mol. The van der Waals surface area contributed by atoms with Crippen LogP contribution in [0, 0.1) is 0 Å². The quantitative estimate of drug-likeness (QED) is 0.733. The molecule has 1 amide bonds. The Hall–Kier alpha value is -0.770. The molecule has 0 aliphatic carbocycles. The van der Waals surface area contributed by atoms with Crippen LogP contribution in [0.4, 0.5) is 4.79 Å². The van der Waals surface area contributed by atoms with Gasteiger partial charge in [-0.3, -0.25) is 4.90 Å². The van der Waals surface area contributed by atoms with Crippen LogP contribution in [-0.4, -0.2) is 53.7 Å². The van der Waals surface area contributed by atoms with Crippen molar-refractivity contribution in [2.75, 3.05) is 26.2 Å². The second-order valence-corrected chi connectivity index (χ2v) is 6.82. The lowest BCUT2D eigenvalue weighted by molar-refractivity contribution is 0.00888. The molecule has 0 aromatic heterocycles. The largest absolute Gasteiger partial charge is 0.444 e. The molecule has 2 rings (SSSR count). The molecular weight excluding hydrogens is 240 g/mol. The van der Waals surface area contributed by atoms with Crippen molar-refractivity contribution in [3.63, 3.8) is 0 Å². The lowest BCUT2D eigenvalue weighted by Crippen LogP contribution is -2.51. The number of ether oxygens (including phenoxy) is 1. The molecule has 110 valence electrons. The summed E-state index contributed by atoms with van der Waals surface area (Å²) in [6.07, 6.45) is 6.15. The van der Waals surface area contributed by atoms with Crippen LogP contribution < -0.4 is 0 Å². The van der Waals surface area contributed by atoms with E-state index in [0.717, 1.165) is 19.5 Å². The van der Waals surface area contributed by atoms with Crippen LogP contribution in [0.2, 0.25) is 0 Å². The number of amides is 1. The Kier molecular flexibility index (Phi) is 4.71. The Morgan fingerprint density at radius 1 is 1.05 bits per heavy atom. The van der Waals surface area contributed by atoms with Gasteiger partial charge < -0.3 is 9.64 Å². The minimum atomic E-state index is -0.394. The van der Waals surface area contributed by atoms with Crippen LogP contribution in [0.15, 0.2) is 0 Å². The molecule has 2 saturated heterocycles. The molecule has 19 heavy (non-hydrogen) atoms. The van der Waals surface area contributed by atoms with Crippen molar-refractivity contribution in [1.29, 1.82) is 0 Å². The van der Waals surface area contributed by atoms with Crippen molar-refractivity contribution in [1.82, 2.24) is 9.80 Å². The van der Waals surface area contributed by atoms with Gasteiger partial charge in [-0.05, 0) is 59.5 Å². The van der Waals surface area contributed by atoms with E-state index in [1.54, 1.807) is 0 Å². The molecular formula is C15H28N2O2. The zero-order valence-corrected chi connectivity index (χ0v) is 12.7. The highest BCUT2D eigenvalue weighted by molar-refractivity contribution is 5.68. The molecule has 2 aliphatic heterocycles. The number of hydrogen-bond acceptors (Lipinski definition) is 3. The normalized spacial score (nSPS) is 26.3. The van der Waals surface area contributed by atoms with Gasteiger partial charge in [0.1, 0.15) is 5.60 Å². The molecule has 0 radical (unpaired) electrons. The topological polar surface area (TPSA) is 32.8 Å². The van der Waals surface area contributed by atoms with Crippen LogP contribution in [0.3, 0.4) is 0 Å². The summed E-state index contributed by atoms with van der Waals surface area (Å²) in [5, 5.41) is 0. The minimum absolute atomic E-state index is 0.144. The lowest BCUT2D eigenvalue weighted by atomic mass is 10.0. The van der Waals surface area contributed by atoms with Gasteiger partial charge in [-0.25, -0.2) is 4.79 Å².